The summed E-state index contributed by atoms with van der Waals surface area (Å²) in [7, 11) is 0. The first kappa shape index (κ1) is 14.9. The van der Waals surface area contributed by atoms with E-state index in [9.17, 15) is 9.59 Å². The molecule has 5 nitrogen and oxygen atoms in total. The summed E-state index contributed by atoms with van der Waals surface area (Å²) in [6.45, 7) is 7.80. The number of aryl methyl sites for hydroxylation is 1. The van der Waals surface area contributed by atoms with E-state index >= 15 is 0 Å². The molecular weight excluding hydrogens is 278 g/mol. The fourth-order valence-corrected chi connectivity index (χ4v) is 3.03. The van der Waals surface area contributed by atoms with Crippen LogP contribution in [0.5, 0.6) is 0 Å². The zero-order chi connectivity index (χ0) is 16.1. The Balaban J connectivity index is 2.05. The van der Waals surface area contributed by atoms with Gasteiger partial charge in [0.2, 0.25) is 0 Å². The van der Waals surface area contributed by atoms with Crippen molar-refractivity contribution >= 4 is 17.6 Å². The van der Waals surface area contributed by atoms with Crippen LogP contribution < -0.4 is 0 Å². The van der Waals surface area contributed by atoms with Crippen molar-refractivity contribution in [1.29, 1.82) is 0 Å². The van der Waals surface area contributed by atoms with E-state index in [2.05, 4.69) is 16.9 Å². The Bertz CT molecular complexity index is 693. The number of carbonyl (C=O) groups is 2. The smallest absolute Gasteiger partial charge is 0.274 e. The Morgan fingerprint density at radius 3 is 2.68 bits per heavy atom. The second kappa shape index (κ2) is 5.00. The van der Waals surface area contributed by atoms with Crippen LogP contribution in [0.3, 0.4) is 0 Å². The Morgan fingerprint density at radius 2 is 2.05 bits per heavy atom. The second-order valence-electron chi connectivity index (χ2n) is 6.53. The molecule has 3 rings (SSSR count). The molecule has 3 heterocycles. The number of aromatic nitrogens is 1. The number of rotatable bonds is 4. The van der Waals surface area contributed by atoms with Crippen molar-refractivity contribution in [3.8, 4) is 0 Å². The fraction of sp³-hybridized carbons (Fsp3) is 0.529. The highest BCUT2D eigenvalue weighted by Crippen LogP contribution is 2.39. The van der Waals surface area contributed by atoms with E-state index in [0.717, 1.165) is 24.8 Å². The van der Waals surface area contributed by atoms with Gasteiger partial charge in [0.05, 0.1) is 5.56 Å². The summed E-state index contributed by atoms with van der Waals surface area (Å²) in [5.74, 6) is -0.00248. The van der Waals surface area contributed by atoms with Gasteiger partial charge in [-0.1, -0.05) is 27.2 Å². The third-order valence-corrected chi connectivity index (χ3v) is 4.85. The number of hydrogen-bond acceptors (Lipinski definition) is 3. The first-order chi connectivity index (χ1) is 10.4. The zero-order valence-corrected chi connectivity index (χ0v) is 13.5. The Labute approximate surface area is 130 Å². The highest BCUT2D eigenvalue weighted by atomic mass is 16.2. The summed E-state index contributed by atoms with van der Waals surface area (Å²) in [6, 6.07) is 1.91. The SMILES string of the molecule is CCCCc1cnc2c(c1)C(=O)N1C2=NC(=O)C1(C)C(C)C. The molecule has 0 spiro atoms. The van der Waals surface area contributed by atoms with Crippen molar-refractivity contribution in [3.05, 3.63) is 29.1 Å². The average Bonchev–Trinajstić information content (AvgIpc) is 2.92. The molecule has 0 radical (unpaired) electrons. The first-order valence-corrected chi connectivity index (χ1v) is 7.88. The molecule has 22 heavy (non-hydrogen) atoms. The molecule has 2 aliphatic rings. The second-order valence-corrected chi connectivity index (χ2v) is 6.53. The molecule has 1 unspecified atom stereocenters. The molecule has 0 aliphatic carbocycles. The molecule has 0 fully saturated rings. The van der Waals surface area contributed by atoms with Gasteiger partial charge in [-0.05, 0) is 37.3 Å². The standard InChI is InChI=1S/C17H21N3O2/c1-5-6-7-11-8-12-13(18-9-11)14-19-16(22)17(4,10(2)3)20(14)15(12)21/h8-10H,5-7H2,1-4H3. The summed E-state index contributed by atoms with van der Waals surface area (Å²) in [5.41, 5.74) is 1.28. The number of hydrogen-bond donors (Lipinski definition) is 0. The van der Waals surface area contributed by atoms with E-state index in [0.29, 0.717) is 17.1 Å². The maximum Gasteiger partial charge on any atom is 0.274 e. The van der Waals surface area contributed by atoms with Gasteiger partial charge >= 0.3 is 0 Å². The molecule has 2 amide bonds. The van der Waals surface area contributed by atoms with Gasteiger partial charge in [0.1, 0.15) is 11.2 Å². The van der Waals surface area contributed by atoms with Gasteiger partial charge in [-0.3, -0.25) is 19.5 Å². The van der Waals surface area contributed by atoms with Crippen LogP contribution in [0.25, 0.3) is 0 Å². The van der Waals surface area contributed by atoms with Crippen molar-refractivity contribution < 1.29 is 9.59 Å². The van der Waals surface area contributed by atoms with Crippen molar-refractivity contribution in [1.82, 2.24) is 9.88 Å². The molecule has 0 N–H and O–H groups in total. The summed E-state index contributed by atoms with van der Waals surface area (Å²) in [5, 5.41) is 0. The maximum atomic E-state index is 12.8. The van der Waals surface area contributed by atoms with Crippen molar-refractivity contribution in [2.45, 2.75) is 52.5 Å². The lowest BCUT2D eigenvalue weighted by atomic mass is 9.87. The van der Waals surface area contributed by atoms with Crippen LogP contribution in [0.2, 0.25) is 0 Å². The number of aliphatic imine (C=N–C) groups is 1. The number of fused-ring (bicyclic) bond motifs is 3. The highest BCUT2D eigenvalue weighted by Gasteiger charge is 2.56. The van der Waals surface area contributed by atoms with E-state index in [4.69, 9.17) is 0 Å². The normalized spacial score (nSPS) is 23.1. The van der Waals surface area contributed by atoms with Crippen molar-refractivity contribution in [2.24, 2.45) is 10.9 Å². The van der Waals surface area contributed by atoms with Gasteiger partial charge in [-0.25, -0.2) is 0 Å². The van der Waals surface area contributed by atoms with Gasteiger partial charge in [0.25, 0.3) is 11.8 Å². The number of pyridine rings is 1. The molecule has 0 bridgehead atoms. The van der Waals surface area contributed by atoms with Crippen molar-refractivity contribution in [3.63, 3.8) is 0 Å². The van der Waals surface area contributed by atoms with E-state index in [1.54, 1.807) is 18.0 Å². The summed E-state index contributed by atoms with van der Waals surface area (Å²) in [6.07, 6.45) is 4.88. The topological polar surface area (TPSA) is 62.6 Å². The van der Waals surface area contributed by atoms with Crippen LogP contribution in [0.1, 0.15) is 62.2 Å². The van der Waals surface area contributed by atoms with E-state index < -0.39 is 5.54 Å². The van der Waals surface area contributed by atoms with Gasteiger partial charge < -0.3 is 0 Å². The summed E-state index contributed by atoms with van der Waals surface area (Å²) < 4.78 is 0. The molecule has 2 aliphatic heterocycles. The molecule has 0 aromatic carbocycles. The molecule has 1 aromatic heterocycles. The van der Waals surface area contributed by atoms with Crippen LogP contribution in [0.15, 0.2) is 17.3 Å². The summed E-state index contributed by atoms with van der Waals surface area (Å²) >= 11 is 0. The molecule has 1 atom stereocenters. The van der Waals surface area contributed by atoms with E-state index in [1.807, 2.05) is 19.9 Å². The van der Waals surface area contributed by atoms with Gasteiger partial charge in [-0.2, -0.15) is 4.99 Å². The number of nitrogens with zero attached hydrogens (tertiary/aromatic N) is 3. The minimum Gasteiger partial charge on any atom is -0.275 e. The minimum absolute atomic E-state index is 0.0147. The van der Waals surface area contributed by atoms with E-state index in [1.165, 1.54) is 0 Å². The first-order valence-electron chi connectivity index (χ1n) is 7.88. The monoisotopic (exact) mass is 299 g/mol. The predicted molar refractivity (Wildman–Crippen MR) is 83.8 cm³/mol. The number of amides is 2. The molecular formula is C17H21N3O2. The third kappa shape index (κ3) is 1.84. The largest absolute Gasteiger partial charge is 0.275 e. The van der Waals surface area contributed by atoms with Crippen LogP contribution in [-0.4, -0.2) is 33.1 Å². The quantitative estimate of drug-likeness (QED) is 0.858. The zero-order valence-electron chi connectivity index (χ0n) is 13.5. The Kier molecular flexibility index (Phi) is 3.38. The minimum atomic E-state index is -0.906. The van der Waals surface area contributed by atoms with Gasteiger partial charge in [0.15, 0.2) is 5.84 Å². The van der Waals surface area contributed by atoms with Gasteiger partial charge in [-0.15, -0.1) is 0 Å². The molecule has 1 aromatic rings. The fourth-order valence-electron chi connectivity index (χ4n) is 3.03. The number of unbranched alkanes of at least 4 members (excludes halogenated alkanes) is 1. The lowest BCUT2D eigenvalue weighted by Gasteiger charge is -2.34. The molecule has 0 saturated heterocycles. The average molecular weight is 299 g/mol. The third-order valence-electron chi connectivity index (χ3n) is 4.85. The van der Waals surface area contributed by atoms with Crippen LogP contribution in [0.4, 0.5) is 0 Å². The highest BCUT2D eigenvalue weighted by molar-refractivity contribution is 6.29. The van der Waals surface area contributed by atoms with Crippen molar-refractivity contribution in [2.75, 3.05) is 0 Å². The Hall–Kier alpha value is -2.04. The van der Waals surface area contributed by atoms with Crippen LogP contribution in [0, 0.1) is 5.92 Å². The lowest BCUT2D eigenvalue weighted by Crippen LogP contribution is -2.53. The molecule has 5 heteroatoms. The van der Waals surface area contributed by atoms with Gasteiger partial charge in [0, 0.05) is 6.20 Å². The molecule has 116 valence electrons. The summed E-state index contributed by atoms with van der Waals surface area (Å²) in [4.78, 5) is 35.2. The molecule has 0 saturated carbocycles. The van der Waals surface area contributed by atoms with E-state index in [-0.39, 0.29) is 17.7 Å². The predicted octanol–water partition coefficient (Wildman–Crippen LogP) is 2.58. The number of carbonyl (C=O) groups excluding carboxylic acids is 2. The Morgan fingerprint density at radius 1 is 1.32 bits per heavy atom. The lowest BCUT2D eigenvalue weighted by molar-refractivity contribution is -0.126. The number of amidine groups is 1. The van der Waals surface area contributed by atoms with Crippen LogP contribution in [-0.2, 0) is 11.2 Å². The van der Waals surface area contributed by atoms with Crippen LogP contribution >= 0.6 is 0 Å². The maximum absolute atomic E-state index is 12.8.